The van der Waals surface area contributed by atoms with Crippen LogP contribution in [0.25, 0.3) is 5.57 Å². The molecule has 7 nitrogen and oxygen atoms in total. The molecule has 0 radical (unpaired) electrons. The summed E-state index contributed by atoms with van der Waals surface area (Å²) in [6, 6.07) is 2.03. The predicted molar refractivity (Wildman–Crippen MR) is 86.8 cm³/mol. The number of aromatic nitrogens is 1. The maximum Gasteiger partial charge on any atom is 0.257 e. The molecule has 0 unspecified atom stereocenters. The van der Waals surface area contributed by atoms with Crippen molar-refractivity contribution in [2.45, 2.75) is 32.6 Å². The molecule has 0 spiro atoms. The Balaban J connectivity index is 1.85. The number of thiazole rings is 1. The molecule has 0 atom stereocenters. The van der Waals surface area contributed by atoms with Gasteiger partial charge in [-0.05, 0) is 19.8 Å². The molecule has 1 saturated heterocycles. The third-order valence-electron chi connectivity index (χ3n) is 3.40. The van der Waals surface area contributed by atoms with E-state index < -0.39 is 0 Å². The van der Waals surface area contributed by atoms with Crippen molar-refractivity contribution in [3.05, 3.63) is 22.3 Å². The number of nitriles is 1. The number of hydrogen-bond acceptors (Lipinski definition) is 6. The summed E-state index contributed by atoms with van der Waals surface area (Å²) in [5.74, 6) is -0.298. The van der Waals surface area contributed by atoms with Crippen molar-refractivity contribution >= 4 is 28.7 Å². The van der Waals surface area contributed by atoms with Gasteiger partial charge in [0.1, 0.15) is 23.2 Å². The molecule has 1 fully saturated rings. The molecule has 1 aromatic rings. The minimum Gasteiger partial charge on any atom is -0.333 e. The van der Waals surface area contributed by atoms with E-state index in [0.29, 0.717) is 23.5 Å². The monoisotopic (exact) mass is 333 g/mol. The van der Waals surface area contributed by atoms with Gasteiger partial charge in [-0.1, -0.05) is 6.42 Å². The number of hydrazine groups is 1. The van der Waals surface area contributed by atoms with E-state index in [4.69, 9.17) is 5.26 Å². The fraction of sp³-hybridized carbons (Fsp3) is 0.467. The van der Waals surface area contributed by atoms with E-state index in [1.807, 2.05) is 18.4 Å². The van der Waals surface area contributed by atoms with E-state index in [-0.39, 0.29) is 18.4 Å². The number of rotatable bonds is 5. The van der Waals surface area contributed by atoms with Gasteiger partial charge in [-0.2, -0.15) is 5.26 Å². The maximum atomic E-state index is 11.9. The Bertz CT molecular complexity index is 647. The lowest BCUT2D eigenvalue weighted by Crippen LogP contribution is -2.44. The zero-order chi connectivity index (χ0) is 16.7. The van der Waals surface area contributed by atoms with E-state index in [2.05, 4.69) is 15.8 Å². The summed E-state index contributed by atoms with van der Waals surface area (Å²) >= 11 is 1.36. The molecular formula is C15H19N5O2S. The number of nitrogens with zero attached hydrogens (tertiary/aromatic N) is 3. The van der Waals surface area contributed by atoms with Crippen LogP contribution in [0.4, 0.5) is 0 Å². The molecular weight excluding hydrogens is 314 g/mol. The van der Waals surface area contributed by atoms with E-state index in [1.165, 1.54) is 17.5 Å². The molecule has 8 heteroatoms. The number of amides is 2. The maximum absolute atomic E-state index is 11.9. The van der Waals surface area contributed by atoms with Crippen molar-refractivity contribution in [2.24, 2.45) is 0 Å². The minimum atomic E-state index is -0.316. The van der Waals surface area contributed by atoms with E-state index >= 15 is 0 Å². The quantitative estimate of drug-likeness (QED) is 0.626. The molecule has 2 N–H and O–H groups in total. The number of allylic oxidation sites excluding steroid dienone is 1. The van der Waals surface area contributed by atoms with Gasteiger partial charge >= 0.3 is 0 Å². The molecule has 0 aliphatic carbocycles. The molecule has 0 aromatic carbocycles. The van der Waals surface area contributed by atoms with Crippen molar-refractivity contribution in [2.75, 3.05) is 13.1 Å². The molecule has 2 heterocycles. The normalized spacial score (nSPS) is 15.7. The predicted octanol–water partition coefficient (Wildman–Crippen LogP) is 1.34. The van der Waals surface area contributed by atoms with Gasteiger partial charge in [0.2, 0.25) is 5.91 Å². The standard InChI is InChI=1S/C15H19N5O2S/c1-11-10-23-15(18-11)12(7-16)8-17-19-13(21)9-20-6-4-2-3-5-14(20)22/h8,10,17H,2-6,9H2,1H3,(H,19,21)/b12-8+. The summed E-state index contributed by atoms with van der Waals surface area (Å²) in [6.07, 6.45) is 4.73. The van der Waals surface area contributed by atoms with Crippen LogP contribution in [-0.2, 0) is 9.59 Å². The van der Waals surface area contributed by atoms with Crippen LogP contribution in [0.1, 0.15) is 36.4 Å². The average molecular weight is 333 g/mol. The lowest BCUT2D eigenvalue weighted by Gasteiger charge is -2.19. The third kappa shape index (κ3) is 5.07. The first-order valence-corrected chi connectivity index (χ1v) is 8.33. The fourth-order valence-electron chi connectivity index (χ4n) is 2.23. The lowest BCUT2D eigenvalue weighted by molar-refractivity contribution is -0.135. The van der Waals surface area contributed by atoms with Crippen molar-refractivity contribution in [3.63, 3.8) is 0 Å². The van der Waals surface area contributed by atoms with Crippen LogP contribution in [0.2, 0.25) is 0 Å². The van der Waals surface area contributed by atoms with Crippen LogP contribution in [-0.4, -0.2) is 34.8 Å². The first-order chi connectivity index (χ1) is 11.1. The molecule has 1 aliphatic rings. The molecule has 0 bridgehead atoms. The first kappa shape index (κ1) is 17.0. The molecule has 1 aromatic heterocycles. The van der Waals surface area contributed by atoms with Crippen molar-refractivity contribution in [1.82, 2.24) is 20.7 Å². The van der Waals surface area contributed by atoms with Gasteiger partial charge in [-0.25, -0.2) is 4.98 Å². The second kappa shape index (κ2) is 8.29. The number of likely N-dealkylation sites (tertiary alicyclic amines) is 1. The number of aryl methyl sites for hydroxylation is 1. The van der Waals surface area contributed by atoms with Crippen LogP contribution in [0.15, 0.2) is 11.6 Å². The zero-order valence-electron chi connectivity index (χ0n) is 13.0. The van der Waals surface area contributed by atoms with Gasteiger partial charge in [0.15, 0.2) is 0 Å². The van der Waals surface area contributed by atoms with Gasteiger partial charge in [-0.3, -0.25) is 15.0 Å². The number of carbonyl (C=O) groups is 2. The molecule has 0 saturated carbocycles. The highest BCUT2D eigenvalue weighted by atomic mass is 32.1. The minimum absolute atomic E-state index is 0.0177. The van der Waals surface area contributed by atoms with Crippen LogP contribution < -0.4 is 10.9 Å². The van der Waals surface area contributed by atoms with Gasteiger partial charge in [-0.15, -0.1) is 11.3 Å². The topological polar surface area (TPSA) is 98.1 Å². The number of nitrogens with one attached hydrogen (secondary N) is 2. The van der Waals surface area contributed by atoms with E-state index in [9.17, 15) is 9.59 Å². The van der Waals surface area contributed by atoms with Crippen LogP contribution in [0.3, 0.4) is 0 Å². The van der Waals surface area contributed by atoms with Crippen LogP contribution >= 0.6 is 11.3 Å². The fourth-order valence-corrected chi connectivity index (χ4v) is 2.99. The van der Waals surface area contributed by atoms with Gasteiger partial charge in [0.25, 0.3) is 5.91 Å². The Labute approximate surface area is 139 Å². The first-order valence-electron chi connectivity index (χ1n) is 7.45. The lowest BCUT2D eigenvalue weighted by atomic mass is 10.2. The summed E-state index contributed by atoms with van der Waals surface area (Å²) in [5, 5.41) is 11.6. The zero-order valence-corrected chi connectivity index (χ0v) is 13.8. The highest BCUT2D eigenvalue weighted by Gasteiger charge is 2.18. The van der Waals surface area contributed by atoms with Crippen LogP contribution in [0.5, 0.6) is 0 Å². The molecule has 23 heavy (non-hydrogen) atoms. The van der Waals surface area contributed by atoms with Gasteiger partial charge in [0, 0.05) is 30.2 Å². The number of hydrogen-bond donors (Lipinski definition) is 2. The molecule has 122 valence electrons. The summed E-state index contributed by atoms with van der Waals surface area (Å²) in [4.78, 5) is 29.5. The third-order valence-corrected chi connectivity index (χ3v) is 4.40. The van der Waals surface area contributed by atoms with Crippen molar-refractivity contribution in [3.8, 4) is 6.07 Å². The van der Waals surface area contributed by atoms with Crippen LogP contribution in [0, 0.1) is 18.3 Å². The smallest absolute Gasteiger partial charge is 0.257 e. The highest BCUT2D eigenvalue weighted by molar-refractivity contribution is 7.10. The Hall–Kier alpha value is -2.40. The van der Waals surface area contributed by atoms with Crippen molar-refractivity contribution < 1.29 is 9.59 Å². The molecule has 2 rings (SSSR count). The Kier molecular flexibility index (Phi) is 6.11. The summed E-state index contributed by atoms with van der Waals surface area (Å²) in [6.45, 7) is 2.49. The summed E-state index contributed by atoms with van der Waals surface area (Å²) in [5.41, 5.74) is 6.27. The Morgan fingerprint density at radius 2 is 2.35 bits per heavy atom. The highest BCUT2D eigenvalue weighted by Crippen LogP contribution is 2.17. The second-order valence-corrected chi connectivity index (χ2v) is 6.14. The van der Waals surface area contributed by atoms with E-state index in [1.54, 1.807) is 4.90 Å². The summed E-state index contributed by atoms with van der Waals surface area (Å²) < 4.78 is 0. The van der Waals surface area contributed by atoms with Crippen molar-refractivity contribution in [1.29, 1.82) is 5.26 Å². The Morgan fingerprint density at radius 1 is 1.52 bits per heavy atom. The molecule has 1 aliphatic heterocycles. The second-order valence-electron chi connectivity index (χ2n) is 5.28. The average Bonchev–Trinajstić information content (AvgIpc) is 2.85. The SMILES string of the molecule is Cc1csc(/C(C#N)=C/NNC(=O)CN2CCCCCC2=O)n1. The Morgan fingerprint density at radius 3 is 3.04 bits per heavy atom. The summed E-state index contributed by atoms with van der Waals surface area (Å²) in [7, 11) is 0. The molecule has 2 amide bonds. The largest absolute Gasteiger partial charge is 0.333 e. The van der Waals surface area contributed by atoms with E-state index in [0.717, 1.165) is 25.0 Å². The van der Waals surface area contributed by atoms with Gasteiger partial charge < -0.3 is 10.3 Å². The van der Waals surface area contributed by atoms with Gasteiger partial charge in [0.05, 0.1) is 0 Å². The number of carbonyl (C=O) groups excluding carboxylic acids is 2.